The second kappa shape index (κ2) is 11.3. The third-order valence-electron chi connectivity index (χ3n) is 5.27. The predicted molar refractivity (Wildman–Crippen MR) is 138 cm³/mol. The number of benzene rings is 2. The fourth-order valence-electron chi connectivity index (χ4n) is 3.42. The van der Waals surface area contributed by atoms with E-state index < -0.39 is 17.3 Å². The fourth-order valence-corrected chi connectivity index (χ4v) is 3.69. The van der Waals surface area contributed by atoms with Crippen molar-refractivity contribution in [1.82, 2.24) is 19.1 Å². The highest BCUT2D eigenvalue weighted by atomic mass is 35.5. The molecule has 0 saturated heterocycles. The van der Waals surface area contributed by atoms with Gasteiger partial charge in [-0.15, -0.1) is 0 Å². The maximum absolute atomic E-state index is 13.0. The number of aromatic nitrogens is 4. The monoisotopic (exact) mass is 541 g/mol. The van der Waals surface area contributed by atoms with E-state index in [0.29, 0.717) is 16.5 Å². The van der Waals surface area contributed by atoms with Crippen LogP contribution in [0.4, 0.5) is 5.69 Å². The minimum atomic E-state index is -0.623. The van der Waals surface area contributed by atoms with Crippen molar-refractivity contribution in [3.05, 3.63) is 109 Å². The van der Waals surface area contributed by atoms with Crippen LogP contribution in [0.15, 0.2) is 75.2 Å². The molecule has 10 nitrogen and oxygen atoms in total. The van der Waals surface area contributed by atoms with Gasteiger partial charge in [0.2, 0.25) is 11.5 Å². The molecule has 0 spiro atoms. The fraction of sp³-hybridized carbons (Fsp3) is 0.160. The van der Waals surface area contributed by atoms with Gasteiger partial charge in [-0.2, -0.15) is 0 Å². The van der Waals surface area contributed by atoms with E-state index in [-0.39, 0.29) is 35.3 Å². The zero-order valence-electron chi connectivity index (χ0n) is 19.8. The highest BCUT2D eigenvalue weighted by Crippen LogP contribution is 2.27. The van der Waals surface area contributed by atoms with Gasteiger partial charge in [0.05, 0.1) is 19.3 Å². The molecule has 0 radical (unpaired) electrons. The van der Waals surface area contributed by atoms with Crippen molar-refractivity contribution in [3.8, 4) is 11.6 Å². The molecule has 0 aliphatic rings. The zero-order valence-corrected chi connectivity index (χ0v) is 21.3. The number of carbonyl (C=O) groups excluding carboxylic acids is 1. The molecule has 190 valence electrons. The molecule has 0 aliphatic carbocycles. The van der Waals surface area contributed by atoms with Gasteiger partial charge in [0.15, 0.2) is 0 Å². The summed E-state index contributed by atoms with van der Waals surface area (Å²) < 4.78 is 12.9. The van der Waals surface area contributed by atoms with E-state index >= 15 is 0 Å². The van der Waals surface area contributed by atoms with E-state index in [0.717, 1.165) is 10.1 Å². The highest BCUT2D eigenvalue weighted by molar-refractivity contribution is 6.30. The molecule has 2 aromatic heterocycles. The quantitative estimate of drug-likeness (QED) is 0.279. The standard InChI is InChI=1S/C25H21Cl2N5O5/c1-3-31-24(34)30-23(32(25(31)35)14-15-4-6-16(26)7-5-15)28-17-8-10-18(11-9-17)37-21-19(22(33)36-2)12-13-20(27)29-21/h4-13H,3,14H2,1-2H3,(H,28,30,34). The molecule has 2 heterocycles. The summed E-state index contributed by atoms with van der Waals surface area (Å²) in [6.45, 7) is 2.08. The molecule has 0 unspecified atom stereocenters. The summed E-state index contributed by atoms with van der Waals surface area (Å²) >= 11 is 11.9. The number of nitrogens with one attached hydrogen (secondary N) is 1. The van der Waals surface area contributed by atoms with Gasteiger partial charge in [-0.05, 0) is 61.0 Å². The normalized spacial score (nSPS) is 11.4. The number of methoxy groups -OCH3 is 1. The first-order valence-electron chi connectivity index (χ1n) is 11.0. The number of ether oxygens (including phenoxy) is 2. The number of aromatic amines is 1. The van der Waals surface area contributed by atoms with E-state index in [2.05, 4.69) is 15.0 Å². The molecule has 0 amide bonds. The Kier molecular flexibility index (Phi) is 7.90. The van der Waals surface area contributed by atoms with Gasteiger partial charge in [-0.3, -0.25) is 9.55 Å². The van der Waals surface area contributed by atoms with Gasteiger partial charge in [-0.25, -0.2) is 28.9 Å². The number of halogens is 2. The molecule has 0 atom stereocenters. The summed E-state index contributed by atoms with van der Waals surface area (Å²) in [6.07, 6.45) is 0. The summed E-state index contributed by atoms with van der Waals surface area (Å²) in [5.74, 6) is -0.290. The SMILES string of the molecule is CCn1c(=O)[nH]/c(=N\c2ccc(Oc3nc(Cl)ccc3C(=O)OC)cc2)n(Cc2ccc(Cl)cc2)c1=O. The molecule has 1 N–H and O–H groups in total. The Bertz CT molecular complexity index is 1620. The molecule has 0 aliphatic heterocycles. The summed E-state index contributed by atoms with van der Waals surface area (Å²) in [5.41, 5.74) is 0.361. The first-order chi connectivity index (χ1) is 17.8. The number of hydrogen-bond donors (Lipinski definition) is 1. The minimum absolute atomic E-state index is 0.0163. The first-order valence-corrected chi connectivity index (χ1v) is 11.8. The predicted octanol–water partition coefficient (Wildman–Crippen LogP) is 3.92. The maximum atomic E-state index is 13.0. The van der Waals surface area contributed by atoms with Crippen LogP contribution in [0.5, 0.6) is 11.6 Å². The number of nitrogens with zero attached hydrogens (tertiary/aromatic N) is 4. The number of H-pyrrole nitrogens is 1. The lowest BCUT2D eigenvalue weighted by molar-refractivity contribution is 0.0597. The third kappa shape index (κ3) is 5.99. The summed E-state index contributed by atoms with van der Waals surface area (Å²) in [7, 11) is 1.25. The first kappa shape index (κ1) is 25.9. The number of carbonyl (C=O) groups is 1. The third-order valence-corrected chi connectivity index (χ3v) is 5.73. The van der Waals surface area contributed by atoms with Crippen molar-refractivity contribution >= 4 is 34.9 Å². The molecule has 37 heavy (non-hydrogen) atoms. The van der Waals surface area contributed by atoms with Crippen molar-refractivity contribution < 1.29 is 14.3 Å². The van der Waals surface area contributed by atoms with Gasteiger partial charge in [-0.1, -0.05) is 35.3 Å². The van der Waals surface area contributed by atoms with Crippen LogP contribution < -0.4 is 21.7 Å². The number of esters is 1. The van der Waals surface area contributed by atoms with Gasteiger partial charge in [0.25, 0.3) is 0 Å². The Morgan fingerprint density at radius 1 is 1.00 bits per heavy atom. The van der Waals surface area contributed by atoms with Gasteiger partial charge >= 0.3 is 17.3 Å². The molecule has 12 heteroatoms. The van der Waals surface area contributed by atoms with Crippen molar-refractivity contribution in [2.45, 2.75) is 20.0 Å². The number of hydrogen-bond acceptors (Lipinski definition) is 7. The van der Waals surface area contributed by atoms with E-state index in [1.807, 2.05) is 0 Å². The van der Waals surface area contributed by atoms with Crippen molar-refractivity contribution in [1.29, 1.82) is 0 Å². The van der Waals surface area contributed by atoms with Crippen LogP contribution in [0.1, 0.15) is 22.8 Å². The topological polar surface area (TPSA) is 121 Å². The average molecular weight is 542 g/mol. The van der Waals surface area contributed by atoms with Crippen LogP contribution in [0.3, 0.4) is 0 Å². The van der Waals surface area contributed by atoms with Crippen molar-refractivity contribution in [3.63, 3.8) is 0 Å². The van der Waals surface area contributed by atoms with Crippen LogP contribution in [-0.4, -0.2) is 32.2 Å². The maximum Gasteiger partial charge on any atom is 0.343 e. The lowest BCUT2D eigenvalue weighted by Crippen LogP contribution is -2.49. The van der Waals surface area contributed by atoms with Crippen molar-refractivity contribution in [2.24, 2.45) is 4.99 Å². The average Bonchev–Trinajstić information content (AvgIpc) is 2.88. The van der Waals surface area contributed by atoms with Gasteiger partial charge in [0, 0.05) is 11.6 Å². The second-order valence-electron chi connectivity index (χ2n) is 7.68. The Hall–Kier alpha value is -4.15. The Morgan fingerprint density at radius 3 is 2.35 bits per heavy atom. The van der Waals surface area contributed by atoms with E-state index in [9.17, 15) is 14.4 Å². The summed E-state index contributed by atoms with van der Waals surface area (Å²) in [5, 5.41) is 0.713. The van der Waals surface area contributed by atoms with Crippen molar-refractivity contribution in [2.75, 3.05) is 7.11 Å². The van der Waals surface area contributed by atoms with Crippen LogP contribution in [-0.2, 0) is 17.8 Å². The van der Waals surface area contributed by atoms with Gasteiger partial charge < -0.3 is 9.47 Å². The number of rotatable bonds is 7. The minimum Gasteiger partial charge on any atom is -0.465 e. The Balaban J connectivity index is 1.70. The van der Waals surface area contributed by atoms with E-state index in [1.54, 1.807) is 55.5 Å². The molecule has 0 bridgehead atoms. The molecular weight excluding hydrogens is 521 g/mol. The van der Waals surface area contributed by atoms with Crippen LogP contribution in [0, 0.1) is 0 Å². The lowest BCUT2D eigenvalue weighted by Gasteiger charge is -2.10. The largest absolute Gasteiger partial charge is 0.465 e. The molecule has 0 saturated carbocycles. The van der Waals surface area contributed by atoms with Crippen LogP contribution in [0.2, 0.25) is 10.2 Å². The zero-order chi connectivity index (χ0) is 26.5. The molecule has 4 aromatic rings. The second-order valence-corrected chi connectivity index (χ2v) is 8.50. The highest BCUT2D eigenvalue weighted by Gasteiger charge is 2.16. The molecule has 4 rings (SSSR count). The molecule has 2 aromatic carbocycles. The smallest absolute Gasteiger partial charge is 0.343 e. The lowest BCUT2D eigenvalue weighted by atomic mass is 10.2. The van der Waals surface area contributed by atoms with Gasteiger partial charge in [0.1, 0.15) is 16.5 Å². The Morgan fingerprint density at radius 2 is 1.70 bits per heavy atom. The number of pyridine rings is 1. The summed E-state index contributed by atoms with van der Waals surface area (Å²) in [4.78, 5) is 48.7. The van der Waals surface area contributed by atoms with Crippen LogP contribution >= 0.6 is 23.2 Å². The summed E-state index contributed by atoms with van der Waals surface area (Å²) in [6, 6.07) is 16.4. The molecule has 0 fully saturated rings. The van der Waals surface area contributed by atoms with E-state index in [4.69, 9.17) is 32.7 Å². The van der Waals surface area contributed by atoms with Crippen LogP contribution in [0.25, 0.3) is 0 Å². The van der Waals surface area contributed by atoms with E-state index in [1.165, 1.54) is 23.8 Å². The Labute approximate surface area is 220 Å². The molecular formula is C25H21Cl2N5O5.